The van der Waals surface area contributed by atoms with Gasteiger partial charge in [0.1, 0.15) is 0 Å². The van der Waals surface area contributed by atoms with Gasteiger partial charge in [-0.25, -0.2) is 0 Å². The molecule has 1 aromatic carbocycles. The van der Waals surface area contributed by atoms with E-state index in [0.29, 0.717) is 6.42 Å². The summed E-state index contributed by atoms with van der Waals surface area (Å²) in [4.78, 5) is 0. The van der Waals surface area contributed by atoms with Gasteiger partial charge in [-0.15, -0.1) is 0 Å². The van der Waals surface area contributed by atoms with Crippen molar-refractivity contribution in [1.82, 2.24) is 4.72 Å². The topological polar surface area (TPSA) is 55.4 Å². The fourth-order valence-electron chi connectivity index (χ4n) is 1.46. The summed E-state index contributed by atoms with van der Waals surface area (Å²) in [5.41, 5.74) is 0.972. The van der Waals surface area contributed by atoms with Crippen molar-refractivity contribution in [3.63, 3.8) is 0 Å². The van der Waals surface area contributed by atoms with Gasteiger partial charge in [0.2, 0.25) is 0 Å². The molecule has 5 heteroatoms. The van der Waals surface area contributed by atoms with Crippen LogP contribution in [0.4, 0.5) is 0 Å². The van der Waals surface area contributed by atoms with Crippen LogP contribution in [-0.2, 0) is 14.5 Å². The molecule has 0 unspecified atom stereocenters. The molecule has 1 aromatic rings. The van der Waals surface area contributed by atoms with Gasteiger partial charge < -0.3 is 0 Å². The van der Waals surface area contributed by atoms with Gasteiger partial charge in [0, 0.05) is 0 Å². The first-order chi connectivity index (χ1) is 6.67. The molecule has 2 rings (SSSR count). The molecule has 1 aliphatic heterocycles. The minimum Gasteiger partial charge on any atom is -0.258 e. The minimum atomic E-state index is -3.53. The second-order valence-electron chi connectivity index (χ2n) is 3.15. The van der Waals surface area contributed by atoms with Crippen LogP contribution in [0.15, 0.2) is 30.3 Å². The van der Waals surface area contributed by atoms with Gasteiger partial charge in [0.25, 0.3) is 0 Å². The van der Waals surface area contributed by atoms with Gasteiger partial charge in [0.15, 0.2) is 0 Å². The molecule has 0 amide bonds. The van der Waals surface area contributed by atoms with Crippen molar-refractivity contribution < 1.29 is 12.6 Å². The lowest BCUT2D eigenvalue weighted by Gasteiger charge is -2.23. The number of nitrogens with one attached hydrogen (secondary N) is 1. The van der Waals surface area contributed by atoms with Gasteiger partial charge in [-0.2, -0.15) is 13.1 Å². The van der Waals surface area contributed by atoms with Gasteiger partial charge in [-0.3, -0.25) is 4.18 Å². The third kappa shape index (κ3) is 2.12. The first kappa shape index (κ1) is 9.64. The molecule has 0 aromatic heterocycles. The third-order valence-electron chi connectivity index (χ3n) is 2.13. The summed E-state index contributed by atoms with van der Waals surface area (Å²) in [5.74, 6) is 0. The maximum Gasteiger partial charge on any atom is 0.336 e. The molecule has 0 saturated carbocycles. The van der Waals surface area contributed by atoms with Crippen LogP contribution < -0.4 is 4.72 Å². The van der Waals surface area contributed by atoms with E-state index in [0.717, 1.165) is 5.56 Å². The lowest BCUT2D eigenvalue weighted by atomic mass is 10.1. The molecule has 0 radical (unpaired) electrons. The SMILES string of the molecule is O=S1(=O)N[C@H](c2ccccc2)CCO1. The molecule has 1 N–H and O–H groups in total. The van der Waals surface area contributed by atoms with E-state index in [1.807, 2.05) is 30.3 Å². The highest BCUT2D eigenvalue weighted by Gasteiger charge is 2.24. The maximum absolute atomic E-state index is 11.1. The Morgan fingerprint density at radius 1 is 1.29 bits per heavy atom. The highest BCUT2D eigenvalue weighted by atomic mass is 32.2. The normalized spacial score (nSPS) is 25.9. The molecule has 0 spiro atoms. The van der Waals surface area contributed by atoms with Crippen LogP contribution >= 0.6 is 0 Å². The summed E-state index contributed by atoms with van der Waals surface area (Å²) in [5, 5.41) is 0. The first-order valence-electron chi connectivity index (χ1n) is 4.39. The molecule has 4 nitrogen and oxygen atoms in total. The number of benzene rings is 1. The first-order valence-corrected chi connectivity index (χ1v) is 5.80. The standard InChI is InChI=1S/C9H11NO3S/c11-14(12)10-9(6-7-13-14)8-4-2-1-3-5-8/h1-5,9-10H,6-7H2/t9-/m0/s1. The van der Waals surface area contributed by atoms with Gasteiger partial charge in [-0.05, 0) is 12.0 Å². The van der Waals surface area contributed by atoms with E-state index in [-0.39, 0.29) is 12.6 Å². The van der Waals surface area contributed by atoms with Crippen molar-refractivity contribution in [3.8, 4) is 0 Å². The Morgan fingerprint density at radius 2 is 2.00 bits per heavy atom. The summed E-state index contributed by atoms with van der Waals surface area (Å²) in [6.45, 7) is 0.245. The van der Waals surface area contributed by atoms with E-state index < -0.39 is 10.3 Å². The number of hydrogen-bond donors (Lipinski definition) is 1. The molecular weight excluding hydrogens is 202 g/mol. The molecule has 0 aliphatic carbocycles. The van der Waals surface area contributed by atoms with Gasteiger partial charge in [-0.1, -0.05) is 30.3 Å². The van der Waals surface area contributed by atoms with E-state index in [4.69, 9.17) is 0 Å². The van der Waals surface area contributed by atoms with E-state index >= 15 is 0 Å². The fourth-order valence-corrected chi connectivity index (χ4v) is 2.45. The van der Waals surface area contributed by atoms with Crippen LogP contribution in [0.1, 0.15) is 18.0 Å². The van der Waals surface area contributed by atoms with Crippen LogP contribution in [0.5, 0.6) is 0 Å². The van der Waals surface area contributed by atoms with Gasteiger partial charge >= 0.3 is 10.3 Å². The molecule has 76 valence electrons. The van der Waals surface area contributed by atoms with E-state index in [1.165, 1.54) is 0 Å². The molecule has 1 atom stereocenters. The number of hydrogen-bond acceptors (Lipinski definition) is 3. The summed E-state index contributed by atoms with van der Waals surface area (Å²) in [6.07, 6.45) is 0.670. The van der Waals surface area contributed by atoms with Crippen LogP contribution in [0, 0.1) is 0 Å². The van der Waals surface area contributed by atoms with Crippen molar-refractivity contribution in [1.29, 1.82) is 0 Å². The monoisotopic (exact) mass is 213 g/mol. The lowest BCUT2D eigenvalue weighted by molar-refractivity contribution is 0.257. The molecule has 1 aliphatic rings. The average Bonchev–Trinajstić information content (AvgIpc) is 2.18. The molecule has 0 bridgehead atoms. The molecule has 1 fully saturated rings. The van der Waals surface area contributed by atoms with Crippen molar-refractivity contribution >= 4 is 10.3 Å². The van der Waals surface area contributed by atoms with Crippen molar-refractivity contribution in [2.75, 3.05) is 6.61 Å². The minimum absolute atomic E-state index is 0.157. The van der Waals surface area contributed by atoms with Crippen LogP contribution in [-0.4, -0.2) is 15.0 Å². The Kier molecular flexibility index (Phi) is 2.54. The summed E-state index contributed by atoms with van der Waals surface area (Å²) < 4.78 is 29.2. The quantitative estimate of drug-likeness (QED) is 0.756. The molecule has 14 heavy (non-hydrogen) atoms. The predicted molar refractivity (Wildman–Crippen MR) is 51.8 cm³/mol. The second-order valence-corrected chi connectivity index (χ2v) is 4.53. The van der Waals surface area contributed by atoms with E-state index in [9.17, 15) is 8.42 Å². The van der Waals surface area contributed by atoms with Crippen molar-refractivity contribution in [3.05, 3.63) is 35.9 Å². The Hall–Kier alpha value is -0.910. The summed E-state index contributed by atoms with van der Waals surface area (Å²) in [6, 6.07) is 9.32. The largest absolute Gasteiger partial charge is 0.336 e. The summed E-state index contributed by atoms with van der Waals surface area (Å²) >= 11 is 0. The lowest BCUT2D eigenvalue weighted by Crippen LogP contribution is -2.36. The van der Waals surface area contributed by atoms with Gasteiger partial charge in [0.05, 0.1) is 12.6 Å². The fraction of sp³-hybridized carbons (Fsp3) is 0.333. The van der Waals surface area contributed by atoms with E-state index in [2.05, 4.69) is 8.91 Å². The molecular formula is C9H11NO3S. The van der Waals surface area contributed by atoms with Crippen LogP contribution in [0.25, 0.3) is 0 Å². The Morgan fingerprint density at radius 3 is 2.64 bits per heavy atom. The maximum atomic E-state index is 11.1. The second kappa shape index (κ2) is 3.68. The Bertz CT molecular complexity index is 401. The van der Waals surface area contributed by atoms with Crippen LogP contribution in [0.2, 0.25) is 0 Å². The number of rotatable bonds is 1. The van der Waals surface area contributed by atoms with Crippen LogP contribution in [0.3, 0.4) is 0 Å². The third-order valence-corrected chi connectivity index (χ3v) is 3.18. The highest BCUT2D eigenvalue weighted by molar-refractivity contribution is 7.84. The van der Waals surface area contributed by atoms with E-state index in [1.54, 1.807) is 0 Å². The molecule has 1 heterocycles. The average molecular weight is 213 g/mol. The van der Waals surface area contributed by atoms with Crippen molar-refractivity contribution in [2.45, 2.75) is 12.5 Å². The van der Waals surface area contributed by atoms with Crippen molar-refractivity contribution in [2.24, 2.45) is 0 Å². The zero-order valence-electron chi connectivity index (χ0n) is 7.51. The summed E-state index contributed by atoms with van der Waals surface area (Å²) in [7, 11) is -3.53. The smallest absolute Gasteiger partial charge is 0.258 e. The Balaban J connectivity index is 2.21. The zero-order chi connectivity index (χ0) is 10.0. The highest BCUT2D eigenvalue weighted by Crippen LogP contribution is 2.21. The Labute approximate surface area is 83.2 Å². The predicted octanol–water partition coefficient (Wildman–Crippen LogP) is 0.982. The zero-order valence-corrected chi connectivity index (χ0v) is 8.33. The molecule has 1 saturated heterocycles.